The van der Waals surface area contributed by atoms with E-state index in [4.69, 9.17) is 10.2 Å². The fourth-order valence-electron chi connectivity index (χ4n) is 2.77. The van der Waals surface area contributed by atoms with Crippen LogP contribution in [0.5, 0.6) is 0 Å². The molecular formula is C13H22N2O4. The summed E-state index contributed by atoms with van der Waals surface area (Å²) in [4.78, 5) is 26.6. The van der Waals surface area contributed by atoms with Crippen molar-refractivity contribution in [3.8, 4) is 0 Å². The number of amides is 2. The van der Waals surface area contributed by atoms with Crippen molar-refractivity contribution < 1.29 is 19.8 Å². The first-order chi connectivity index (χ1) is 9.02. The molecule has 2 aliphatic heterocycles. The highest BCUT2D eigenvalue weighted by Crippen LogP contribution is 2.26. The molecule has 19 heavy (non-hydrogen) atoms. The molecule has 2 unspecified atom stereocenters. The van der Waals surface area contributed by atoms with Gasteiger partial charge in [0.15, 0.2) is 0 Å². The zero-order chi connectivity index (χ0) is 14.0. The fourth-order valence-corrected chi connectivity index (χ4v) is 2.77. The number of urea groups is 1. The molecule has 0 radical (unpaired) electrons. The number of carboxylic acid groups (broad SMARTS) is 1. The molecule has 0 aromatic rings. The smallest absolute Gasteiger partial charge is 0.320 e. The van der Waals surface area contributed by atoms with Crippen molar-refractivity contribution >= 4 is 12.0 Å². The molecule has 2 atom stereocenters. The van der Waals surface area contributed by atoms with E-state index in [1.54, 1.807) is 16.7 Å². The lowest BCUT2D eigenvalue weighted by Gasteiger charge is -2.44. The number of piperidine rings is 1. The topological polar surface area (TPSA) is 81.1 Å². The molecule has 2 aliphatic rings. The van der Waals surface area contributed by atoms with Crippen LogP contribution in [0.25, 0.3) is 0 Å². The van der Waals surface area contributed by atoms with Gasteiger partial charge in [-0.15, -0.1) is 0 Å². The Hall–Kier alpha value is -1.30. The Kier molecular flexibility index (Phi) is 4.29. The summed E-state index contributed by atoms with van der Waals surface area (Å²) in [7, 11) is 0. The van der Waals surface area contributed by atoms with Crippen molar-refractivity contribution in [2.75, 3.05) is 32.8 Å². The van der Waals surface area contributed by atoms with E-state index in [0.29, 0.717) is 19.6 Å². The van der Waals surface area contributed by atoms with Crippen molar-refractivity contribution in [3.63, 3.8) is 0 Å². The van der Waals surface area contributed by atoms with Crippen molar-refractivity contribution in [1.82, 2.24) is 9.80 Å². The third-order valence-corrected chi connectivity index (χ3v) is 4.32. The van der Waals surface area contributed by atoms with E-state index in [1.165, 1.54) is 0 Å². The maximum atomic E-state index is 12.2. The van der Waals surface area contributed by atoms with Crippen LogP contribution in [0.1, 0.15) is 19.8 Å². The lowest BCUT2D eigenvalue weighted by molar-refractivity contribution is -0.145. The molecule has 0 aromatic heterocycles. The van der Waals surface area contributed by atoms with E-state index in [-0.39, 0.29) is 24.5 Å². The lowest BCUT2D eigenvalue weighted by atomic mass is 9.87. The predicted octanol–water partition coefficient (Wildman–Crippen LogP) is 0.463. The fraction of sp³-hybridized carbons (Fsp3) is 0.846. The molecule has 0 saturated carbocycles. The van der Waals surface area contributed by atoms with Crippen LogP contribution < -0.4 is 0 Å². The van der Waals surface area contributed by atoms with Gasteiger partial charge in [0.1, 0.15) is 0 Å². The number of likely N-dealkylation sites (tertiary alicyclic amines) is 2. The highest BCUT2D eigenvalue weighted by atomic mass is 16.4. The Bertz CT molecular complexity index is 355. The normalized spacial score (nSPS) is 25.9. The summed E-state index contributed by atoms with van der Waals surface area (Å²) in [6, 6.07) is -0.00742. The molecule has 0 spiro atoms. The van der Waals surface area contributed by atoms with Gasteiger partial charge in [0.2, 0.25) is 0 Å². The first kappa shape index (κ1) is 14.1. The SMILES string of the molecule is CC(C(=O)O)C1CN(C(=O)N2CCCC(CO)C2)C1. The molecule has 0 bridgehead atoms. The zero-order valence-corrected chi connectivity index (χ0v) is 11.3. The summed E-state index contributed by atoms with van der Waals surface area (Å²) >= 11 is 0. The van der Waals surface area contributed by atoms with Crippen LogP contribution in [-0.4, -0.2) is 64.8 Å². The summed E-state index contributed by atoms with van der Waals surface area (Å²) in [5.41, 5.74) is 0. The Labute approximate surface area is 113 Å². The molecule has 0 aliphatic carbocycles. The lowest BCUT2D eigenvalue weighted by Crippen LogP contribution is -2.58. The van der Waals surface area contributed by atoms with Crippen LogP contribution >= 0.6 is 0 Å². The summed E-state index contributed by atoms with van der Waals surface area (Å²) in [6.07, 6.45) is 1.90. The first-order valence-corrected chi connectivity index (χ1v) is 6.90. The Balaban J connectivity index is 1.81. The monoisotopic (exact) mass is 270 g/mol. The molecule has 2 saturated heterocycles. The molecular weight excluding hydrogens is 248 g/mol. The number of aliphatic hydroxyl groups is 1. The zero-order valence-electron chi connectivity index (χ0n) is 11.3. The van der Waals surface area contributed by atoms with E-state index in [0.717, 1.165) is 19.4 Å². The van der Waals surface area contributed by atoms with Crippen molar-refractivity contribution in [2.45, 2.75) is 19.8 Å². The first-order valence-electron chi connectivity index (χ1n) is 6.90. The van der Waals surface area contributed by atoms with Crippen LogP contribution in [0, 0.1) is 17.8 Å². The second-order valence-corrected chi connectivity index (χ2v) is 5.71. The molecule has 2 rings (SSSR count). The second kappa shape index (κ2) is 5.77. The van der Waals surface area contributed by atoms with Crippen LogP contribution in [0.15, 0.2) is 0 Å². The molecule has 2 fully saturated rings. The van der Waals surface area contributed by atoms with Crippen molar-refractivity contribution in [3.05, 3.63) is 0 Å². The van der Waals surface area contributed by atoms with Gasteiger partial charge < -0.3 is 20.0 Å². The molecule has 0 aromatic carbocycles. The largest absolute Gasteiger partial charge is 0.481 e. The maximum Gasteiger partial charge on any atom is 0.320 e. The standard InChI is InChI=1S/C13H22N2O4/c1-9(12(17)18)11-6-15(7-11)13(19)14-4-2-3-10(5-14)8-16/h9-11,16H,2-8H2,1H3,(H,17,18). The van der Waals surface area contributed by atoms with Gasteiger partial charge in [-0.05, 0) is 18.8 Å². The summed E-state index contributed by atoms with van der Waals surface area (Å²) in [6.45, 7) is 4.25. The number of carbonyl (C=O) groups excluding carboxylic acids is 1. The van der Waals surface area contributed by atoms with Gasteiger partial charge in [-0.3, -0.25) is 4.79 Å². The van der Waals surface area contributed by atoms with E-state index in [2.05, 4.69) is 0 Å². The number of rotatable bonds is 3. The third-order valence-electron chi connectivity index (χ3n) is 4.32. The Morgan fingerprint density at radius 2 is 1.95 bits per heavy atom. The predicted molar refractivity (Wildman–Crippen MR) is 68.6 cm³/mol. The van der Waals surface area contributed by atoms with Gasteiger partial charge in [-0.2, -0.15) is 0 Å². The second-order valence-electron chi connectivity index (χ2n) is 5.71. The van der Waals surface area contributed by atoms with Crippen LogP contribution in [-0.2, 0) is 4.79 Å². The third kappa shape index (κ3) is 3.00. The van der Waals surface area contributed by atoms with E-state index in [9.17, 15) is 9.59 Å². The number of carboxylic acids is 1. The number of nitrogens with zero attached hydrogens (tertiary/aromatic N) is 2. The summed E-state index contributed by atoms with van der Waals surface area (Å²) in [5, 5.41) is 18.1. The number of aliphatic carboxylic acids is 1. The average Bonchev–Trinajstić information content (AvgIpc) is 2.36. The van der Waals surface area contributed by atoms with Crippen LogP contribution in [0.4, 0.5) is 4.79 Å². The molecule has 2 N–H and O–H groups in total. The van der Waals surface area contributed by atoms with Gasteiger partial charge in [0.05, 0.1) is 5.92 Å². The van der Waals surface area contributed by atoms with Gasteiger partial charge >= 0.3 is 12.0 Å². The molecule has 2 heterocycles. The summed E-state index contributed by atoms with van der Waals surface area (Å²) < 4.78 is 0. The minimum absolute atomic E-state index is 0.00742. The Morgan fingerprint density at radius 1 is 1.26 bits per heavy atom. The maximum absolute atomic E-state index is 12.2. The van der Waals surface area contributed by atoms with E-state index < -0.39 is 11.9 Å². The number of hydrogen-bond acceptors (Lipinski definition) is 3. The quantitative estimate of drug-likeness (QED) is 0.781. The van der Waals surface area contributed by atoms with Crippen molar-refractivity contribution in [1.29, 1.82) is 0 Å². The van der Waals surface area contributed by atoms with Gasteiger partial charge in [-0.25, -0.2) is 4.79 Å². The highest BCUT2D eigenvalue weighted by molar-refractivity contribution is 5.76. The van der Waals surface area contributed by atoms with Crippen LogP contribution in [0.2, 0.25) is 0 Å². The van der Waals surface area contributed by atoms with Gasteiger partial charge in [-0.1, -0.05) is 6.92 Å². The minimum Gasteiger partial charge on any atom is -0.481 e. The number of hydrogen-bond donors (Lipinski definition) is 2. The van der Waals surface area contributed by atoms with Gasteiger partial charge in [0.25, 0.3) is 0 Å². The average molecular weight is 270 g/mol. The molecule has 2 amide bonds. The highest BCUT2D eigenvalue weighted by Gasteiger charge is 2.39. The Morgan fingerprint density at radius 3 is 2.53 bits per heavy atom. The van der Waals surface area contributed by atoms with E-state index >= 15 is 0 Å². The molecule has 6 nitrogen and oxygen atoms in total. The molecule has 6 heteroatoms. The number of aliphatic hydroxyl groups excluding tert-OH is 1. The minimum atomic E-state index is -0.796. The van der Waals surface area contributed by atoms with Crippen molar-refractivity contribution in [2.24, 2.45) is 17.8 Å². The van der Waals surface area contributed by atoms with Gasteiger partial charge in [0, 0.05) is 38.7 Å². The number of carbonyl (C=O) groups is 2. The summed E-state index contributed by atoms with van der Waals surface area (Å²) in [5.74, 6) is -0.932. The van der Waals surface area contributed by atoms with E-state index in [1.807, 2.05) is 0 Å². The van der Waals surface area contributed by atoms with Crippen LogP contribution in [0.3, 0.4) is 0 Å². The molecule has 108 valence electrons.